The Morgan fingerprint density at radius 2 is 2.11 bits per heavy atom. The van der Waals surface area contributed by atoms with Gasteiger partial charge in [-0.15, -0.1) is 22.6 Å². The van der Waals surface area contributed by atoms with E-state index in [1.807, 2.05) is 6.92 Å². The number of nitrogens with one attached hydrogen (secondary N) is 2. The van der Waals surface area contributed by atoms with Crippen LogP contribution in [0, 0.1) is 6.92 Å². The predicted molar refractivity (Wildman–Crippen MR) is 72.4 cm³/mol. The molecule has 1 aromatic heterocycles. The molecule has 6 nitrogen and oxygen atoms in total. The number of carbonyl (C=O) groups excluding carboxylic acids is 1. The maximum absolute atomic E-state index is 12.2. The molecule has 1 fully saturated rings. The number of aromatic nitrogens is 2. The van der Waals surface area contributed by atoms with Crippen molar-refractivity contribution < 1.29 is 9.53 Å². The normalized spacial score (nSPS) is 17.9. The first-order chi connectivity index (χ1) is 8.16. The summed E-state index contributed by atoms with van der Waals surface area (Å²) in [6, 6.07) is 0. The standard InChI is InChI=1S/C10H16N4O2S.ClH/c1-7-13-14-9(17-7)12-8(15)10(16-2)3-5-11-6-4-10;/h11H,3-6H2,1-2H3,(H,12,14,15);1H. The van der Waals surface area contributed by atoms with Gasteiger partial charge in [-0.05, 0) is 32.9 Å². The number of hydrogen-bond donors (Lipinski definition) is 2. The van der Waals surface area contributed by atoms with E-state index in [9.17, 15) is 4.79 Å². The van der Waals surface area contributed by atoms with Crippen LogP contribution in [0.2, 0.25) is 0 Å². The first kappa shape index (κ1) is 15.3. The lowest BCUT2D eigenvalue weighted by Gasteiger charge is -2.34. The summed E-state index contributed by atoms with van der Waals surface area (Å²) in [6.07, 6.45) is 1.35. The lowest BCUT2D eigenvalue weighted by atomic mass is 9.91. The molecule has 0 spiro atoms. The summed E-state index contributed by atoms with van der Waals surface area (Å²) in [5.74, 6) is -0.127. The van der Waals surface area contributed by atoms with Gasteiger partial charge in [-0.2, -0.15) is 0 Å². The van der Waals surface area contributed by atoms with Gasteiger partial charge in [-0.1, -0.05) is 11.3 Å². The Kier molecular flexibility index (Phi) is 5.46. The van der Waals surface area contributed by atoms with Crippen LogP contribution in [0.1, 0.15) is 17.8 Å². The predicted octanol–water partition coefficient (Wildman–Crippen LogP) is 0.975. The molecule has 1 saturated heterocycles. The lowest BCUT2D eigenvalue weighted by Crippen LogP contribution is -2.51. The van der Waals surface area contributed by atoms with Crippen molar-refractivity contribution in [3.05, 3.63) is 5.01 Å². The van der Waals surface area contributed by atoms with E-state index in [0.717, 1.165) is 18.1 Å². The molecule has 102 valence electrons. The number of amides is 1. The van der Waals surface area contributed by atoms with Crippen LogP contribution in [0.3, 0.4) is 0 Å². The molecule has 0 unspecified atom stereocenters. The molecule has 8 heteroatoms. The second kappa shape index (κ2) is 6.42. The van der Waals surface area contributed by atoms with Gasteiger partial charge >= 0.3 is 0 Å². The first-order valence-electron chi connectivity index (χ1n) is 5.54. The number of hydrogen-bond acceptors (Lipinski definition) is 6. The Labute approximate surface area is 116 Å². The second-order valence-corrected chi connectivity index (χ2v) is 5.21. The van der Waals surface area contributed by atoms with Gasteiger partial charge in [0, 0.05) is 7.11 Å². The summed E-state index contributed by atoms with van der Waals surface area (Å²) in [5, 5.41) is 15.1. The fourth-order valence-electron chi connectivity index (χ4n) is 1.91. The molecule has 1 aliphatic heterocycles. The minimum absolute atomic E-state index is 0. The highest BCUT2D eigenvalue weighted by molar-refractivity contribution is 7.15. The minimum atomic E-state index is -0.731. The zero-order valence-electron chi connectivity index (χ0n) is 10.4. The first-order valence-corrected chi connectivity index (χ1v) is 6.35. The number of ether oxygens (including phenoxy) is 1. The summed E-state index contributed by atoms with van der Waals surface area (Å²) in [4.78, 5) is 12.2. The van der Waals surface area contributed by atoms with E-state index in [1.54, 1.807) is 7.11 Å². The molecule has 0 radical (unpaired) electrons. The van der Waals surface area contributed by atoms with Gasteiger partial charge in [-0.25, -0.2) is 0 Å². The zero-order chi connectivity index (χ0) is 12.3. The van der Waals surface area contributed by atoms with Gasteiger partial charge in [0.2, 0.25) is 5.13 Å². The van der Waals surface area contributed by atoms with E-state index < -0.39 is 5.60 Å². The van der Waals surface area contributed by atoms with Crippen molar-refractivity contribution in [2.24, 2.45) is 0 Å². The summed E-state index contributed by atoms with van der Waals surface area (Å²) in [6.45, 7) is 3.43. The van der Waals surface area contributed by atoms with Crippen LogP contribution < -0.4 is 10.6 Å². The fourth-order valence-corrected chi connectivity index (χ4v) is 2.50. The molecule has 2 heterocycles. The van der Waals surface area contributed by atoms with Crippen molar-refractivity contribution in [3.8, 4) is 0 Å². The molecule has 1 aromatic rings. The Morgan fingerprint density at radius 1 is 1.44 bits per heavy atom. The van der Waals surface area contributed by atoms with Crippen LogP contribution in [0.25, 0.3) is 0 Å². The van der Waals surface area contributed by atoms with Crippen molar-refractivity contribution in [1.82, 2.24) is 15.5 Å². The molecule has 1 amide bonds. The summed E-state index contributed by atoms with van der Waals surface area (Å²) in [5.41, 5.74) is -0.731. The number of halogens is 1. The van der Waals surface area contributed by atoms with E-state index in [1.165, 1.54) is 11.3 Å². The van der Waals surface area contributed by atoms with Gasteiger partial charge < -0.3 is 10.1 Å². The Hall–Kier alpha value is -0.760. The van der Waals surface area contributed by atoms with Crippen LogP contribution in [-0.4, -0.2) is 41.9 Å². The minimum Gasteiger partial charge on any atom is -0.368 e. The third kappa shape index (κ3) is 3.17. The summed E-state index contributed by atoms with van der Waals surface area (Å²) < 4.78 is 5.42. The quantitative estimate of drug-likeness (QED) is 0.868. The SMILES string of the molecule is COC1(C(=O)Nc2nnc(C)s2)CCNCC1.Cl. The largest absolute Gasteiger partial charge is 0.368 e. The van der Waals surface area contributed by atoms with E-state index in [4.69, 9.17) is 4.74 Å². The van der Waals surface area contributed by atoms with E-state index in [0.29, 0.717) is 18.0 Å². The third-order valence-electron chi connectivity index (χ3n) is 2.96. The lowest BCUT2D eigenvalue weighted by molar-refractivity contribution is -0.140. The van der Waals surface area contributed by atoms with Crippen LogP contribution in [0.15, 0.2) is 0 Å². The Bertz CT molecular complexity index is 406. The maximum Gasteiger partial charge on any atom is 0.258 e. The molecule has 0 atom stereocenters. The number of anilines is 1. The number of rotatable bonds is 3. The second-order valence-electron chi connectivity index (χ2n) is 4.03. The average molecular weight is 293 g/mol. The van der Waals surface area contributed by atoms with Crippen LogP contribution in [-0.2, 0) is 9.53 Å². The van der Waals surface area contributed by atoms with Gasteiger partial charge in [0.1, 0.15) is 10.6 Å². The number of methoxy groups -OCH3 is 1. The van der Waals surface area contributed by atoms with Crippen LogP contribution in [0.5, 0.6) is 0 Å². The molecule has 0 aliphatic carbocycles. The molecule has 0 bridgehead atoms. The molecule has 0 aromatic carbocycles. The van der Waals surface area contributed by atoms with E-state index in [2.05, 4.69) is 20.8 Å². The molecular formula is C10H17ClN4O2S. The molecular weight excluding hydrogens is 276 g/mol. The highest BCUT2D eigenvalue weighted by Crippen LogP contribution is 2.25. The molecule has 2 rings (SSSR count). The topological polar surface area (TPSA) is 76.1 Å². The number of aryl methyl sites for hydroxylation is 1. The average Bonchev–Trinajstić information content (AvgIpc) is 2.75. The fraction of sp³-hybridized carbons (Fsp3) is 0.700. The van der Waals surface area contributed by atoms with Crippen molar-refractivity contribution in [3.63, 3.8) is 0 Å². The van der Waals surface area contributed by atoms with Crippen molar-refractivity contribution in [1.29, 1.82) is 0 Å². The smallest absolute Gasteiger partial charge is 0.258 e. The van der Waals surface area contributed by atoms with Crippen molar-refractivity contribution in [2.45, 2.75) is 25.4 Å². The monoisotopic (exact) mass is 292 g/mol. The molecule has 2 N–H and O–H groups in total. The van der Waals surface area contributed by atoms with Gasteiger partial charge in [0.05, 0.1) is 0 Å². The van der Waals surface area contributed by atoms with Gasteiger partial charge in [0.25, 0.3) is 5.91 Å². The molecule has 1 aliphatic rings. The Morgan fingerprint density at radius 3 is 2.61 bits per heavy atom. The third-order valence-corrected chi connectivity index (χ3v) is 3.72. The van der Waals surface area contributed by atoms with Crippen LogP contribution >= 0.6 is 23.7 Å². The van der Waals surface area contributed by atoms with E-state index in [-0.39, 0.29) is 18.3 Å². The molecule has 0 saturated carbocycles. The van der Waals surface area contributed by atoms with Crippen molar-refractivity contribution >= 4 is 34.8 Å². The Balaban J connectivity index is 0.00000162. The van der Waals surface area contributed by atoms with Crippen LogP contribution in [0.4, 0.5) is 5.13 Å². The van der Waals surface area contributed by atoms with Crippen molar-refractivity contribution in [2.75, 3.05) is 25.5 Å². The summed E-state index contributed by atoms with van der Waals surface area (Å²) in [7, 11) is 1.58. The number of nitrogens with zero attached hydrogens (tertiary/aromatic N) is 2. The number of carbonyl (C=O) groups is 1. The highest BCUT2D eigenvalue weighted by Gasteiger charge is 2.40. The number of piperidine rings is 1. The highest BCUT2D eigenvalue weighted by atomic mass is 35.5. The van der Waals surface area contributed by atoms with Gasteiger partial charge in [-0.3, -0.25) is 10.1 Å². The maximum atomic E-state index is 12.2. The zero-order valence-corrected chi connectivity index (χ0v) is 12.0. The van der Waals surface area contributed by atoms with Gasteiger partial charge in [0.15, 0.2) is 0 Å². The van der Waals surface area contributed by atoms with E-state index >= 15 is 0 Å². The molecule has 18 heavy (non-hydrogen) atoms. The summed E-state index contributed by atoms with van der Waals surface area (Å²) >= 11 is 1.36.